The molecule has 0 bridgehead atoms. The zero-order chi connectivity index (χ0) is 23.3. The maximum atomic E-state index is 12.8. The van der Waals surface area contributed by atoms with Crippen molar-refractivity contribution >= 4 is 5.91 Å². The van der Waals surface area contributed by atoms with Crippen LogP contribution in [0.15, 0.2) is 64.2 Å². The fourth-order valence-corrected chi connectivity index (χ4v) is 3.11. The summed E-state index contributed by atoms with van der Waals surface area (Å²) in [5, 5.41) is 19.9. The van der Waals surface area contributed by atoms with Crippen molar-refractivity contribution in [3.05, 3.63) is 92.1 Å². The number of nitrogens with zero attached hydrogens (tertiary/aromatic N) is 2. The Kier molecular flexibility index (Phi) is 7.24. The van der Waals surface area contributed by atoms with Crippen LogP contribution in [0, 0.1) is 0 Å². The number of aliphatic hydroxyl groups is 1. The summed E-state index contributed by atoms with van der Waals surface area (Å²) in [5.74, 6) is -0.871. The molecule has 0 saturated carbocycles. The molecule has 2 N–H and O–H groups in total. The number of hydrogen-bond donors (Lipinski definition) is 2. The van der Waals surface area contributed by atoms with Crippen molar-refractivity contribution in [3.8, 4) is 11.6 Å². The van der Waals surface area contributed by atoms with E-state index in [4.69, 9.17) is 9.47 Å². The lowest BCUT2D eigenvalue weighted by atomic mass is 10.1. The van der Waals surface area contributed by atoms with Gasteiger partial charge in [0.15, 0.2) is 6.29 Å². The van der Waals surface area contributed by atoms with Gasteiger partial charge in [0.2, 0.25) is 11.8 Å². The summed E-state index contributed by atoms with van der Waals surface area (Å²) in [7, 11) is 0. The molecular weight excluding hydrogens is 416 g/mol. The van der Waals surface area contributed by atoms with Gasteiger partial charge in [0.25, 0.3) is 5.56 Å². The van der Waals surface area contributed by atoms with Gasteiger partial charge in [-0.3, -0.25) is 9.59 Å². The Bertz CT molecular complexity index is 1210. The lowest BCUT2D eigenvalue weighted by molar-refractivity contribution is -0.115. The molecule has 168 valence electrons. The van der Waals surface area contributed by atoms with Crippen LogP contribution in [0.4, 0.5) is 0 Å². The van der Waals surface area contributed by atoms with Crippen LogP contribution in [-0.4, -0.2) is 31.5 Å². The maximum Gasteiger partial charge on any atom is 0.342 e. The van der Waals surface area contributed by atoms with Gasteiger partial charge in [-0.1, -0.05) is 42.5 Å². The van der Waals surface area contributed by atoms with Crippen LogP contribution < -0.4 is 16.0 Å². The van der Waals surface area contributed by atoms with E-state index in [1.807, 2.05) is 30.3 Å². The first-order valence-corrected chi connectivity index (χ1v) is 9.92. The third-order valence-corrected chi connectivity index (χ3v) is 4.70. The van der Waals surface area contributed by atoms with E-state index in [1.54, 1.807) is 24.3 Å². The minimum absolute atomic E-state index is 0.0601. The second kappa shape index (κ2) is 10.1. The highest BCUT2D eigenvalue weighted by atomic mass is 16.6. The smallest absolute Gasteiger partial charge is 0.342 e. The van der Waals surface area contributed by atoms with Gasteiger partial charge in [-0.05, 0) is 30.2 Å². The minimum Gasteiger partial charge on any atom is -0.494 e. The molecule has 9 nitrogen and oxygen atoms in total. The highest BCUT2D eigenvalue weighted by Crippen LogP contribution is 2.20. The van der Waals surface area contributed by atoms with E-state index in [2.05, 4.69) is 0 Å². The van der Waals surface area contributed by atoms with Crippen molar-refractivity contribution in [2.75, 3.05) is 0 Å². The molecule has 32 heavy (non-hydrogen) atoms. The van der Waals surface area contributed by atoms with Gasteiger partial charge in [-0.2, -0.15) is 4.57 Å². The van der Waals surface area contributed by atoms with Crippen LogP contribution in [0.3, 0.4) is 0 Å². The number of aliphatic hydroxyl groups excluding tert-OH is 1. The number of carbonyl (C=O) groups excluding carboxylic acids is 1. The number of ether oxygens (including phenoxy) is 2. The molecule has 0 aliphatic carbocycles. The maximum absolute atomic E-state index is 12.8. The number of aromatic nitrogens is 2. The number of benzene rings is 2. The molecule has 2 aromatic carbocycles. The molecule has 0 aliphatic heterocycles. The fourth-order valence-electron chi connectivity index (χ4n) is 3.11. The molecule has 1 unspecified atom stereocenters. The molecule has 1 aromatic heterocycles. The Morgan fingerprint density at radius 3 is 2.41 bits per heavy atom. The second-order valence-corrected chi connectivity index (χ2v) is 7.17. The summed E-state index contributed by atoms with van der Waals surface area (Å²) >= 11 is 0. The lowest BCUT2D eigenvalue weighted by Crippen LogP contribution is -2.44. The third kappa shape index (κ3) is 5.32. The molecule has 9 heteroatoms. The molecule has 1 atom stereocenters. The monoisotopic (exact) mass is 440 g/mol. The van der Waals surface area contributed by atoms with E-state index in [0.717, 1.165) is 17.1 Å². The van der Waals surface area contributed by atoms with Crippen molar-refractivity contribution in [3.63, 3.8) is 0 Å². The van der Waals surface area contributed by atoms with Crippen molar-refractivity contribution in [1.82, 2.24) is 9.13 Å². The third-order valence-electron chi connectivity index (χ3n) is 4.70. The van der Waals surface area contributed by atoms with Gasteiger partial charge in [0.1, 0.15) is 19.1 Å². The molecule has 0 spiro atoms. The van der Waals surface area contributed by atoms with Crippen LogP contribution in [-0.2, 0) is 24.5 Å². The number of aromatic hydroxyl groups is 1. The SMILES string of the molecule is CC(=O)n1c(=O)c(Cc2cccc(OCc3ccccc3)c2)c(O)n(COC(C)O)c1=O. The molecule has 3 aromatic rings. The van der Waals surface area contributed by atoms with Crippen molar-refractivity contribution in [2.45, 2.75) is 39.9 Å². The average Bonchev–Trinajstić information content (AvgIpc) is 2.76. The summed E-state index contributed by atoms with van der Waals surface area (Å²) < 4.78 is 11.9. The quantitative estimate of drug-likeness (QED) is 0.513. The summed E-state index contributed by atoms with van der Waals surface area (Å²) in [4.78, 5) is 37.2. The molecule has 0 aliphatic rings. The molecule has 0 radical (unpaired) electrons. The van der Waals surface area contributed by atoms with E-state index in [0.29, 0.717) is 22.5 Å². The molecule has 0 amide bonds. The number of rotatable bonds is 8. The summed E-state index contributed by atoms with van der Waals surface area (Å²) in [6.45, 7) is 2.21. The first-order chi connectivity index (χ1) is 15.3. The summed E-state index contributed by atoms with van der Waals surface area (Å²) in [5.41, 5.74) is -0.507. The molecule has 3 rings (SSSR count). The Morgan fingerprint density at radius 1 is 1.06 bits per heavy atom. The second-order valence-electron chi connectivity index (χ2n) is 7.17. The Balaban J connectivity index is 1.93. The molecule has 0 saturated heterocycles. The van der Waals surface area contributed by atoms with E-state index >= 15 is 0 Å². The number of hydrogen-bond acceptors (Lipinski definition) is 7. The minimum atomic E-state index is -1.22. The summed E-state index contributed by atoms with van der Waals surface area (Å²) in [6, 6.07) is 16.5. The largest absolute Gasteiger partial charge is 0.494 e. The zero-order valence-electron chi connectivity index (χ0n) is 17.7. The summed E-state index contributed by atoms with van der Waals surface area (Å²) in [6.07, 6.45) is -1.28. The van der Waals surface area contributed by atoms with Gasteiger partial charge in [-0.15, -0.1) is 0 Å². The van der Waals surface area contributed by atoms with Gasteiger partial charge >= 0.3 is 5.69 Å². The van der Waals surface area contributed by atoms with Crippen molar-refractivity contribution in [2.24, 2.45) is 0 Å². The van der Waals surface area contributed by atoms with E-state index < -0.39 is 36.1 Å². The Morgan fingerprint density at radius 2 is 1.75 bits per heavy atom. The normalized spacial score (nSPS) is 11.8. The van der Waals surface area contributed by atoms with Crippen LogP contribution >= 0.6 is 0 Å². The highest BCUT2D eigenvalue weighted by molar-refractivity contribution is 5.75. The molecule has 0 fully saturated rings. The van der Waals surface area contributed by atoms with Crippen LogP contribution in [0.1, 0.15) is 35.3 Å². The van der Waals surface area contributed by atoms with Crippen molar-refractivity contribution in [1.29, 1.82) is 0 Å². The van der Waals surface area contributed by atoms with Gasteiger partial charge in [0.05, 0.1) is 5.56 Å². The van der Waals surface area contributed by atoms with E-state index in [9.17, 15) is 24.6 Å². The standard InChI is InChI=1S/C23H24N2O7/c1-15(26)25-22(29)20(21(28)24(23(25)30)14-32-16(2)27)12-18-9-6-10-19(11-18)31-13-17-7-4-3-5-8-17/h3-11,16,27-28H,12-14H2,1-2H3. The Labute approximate surface area is 183 Å². The van der Waals surface area contributed by atoms with Crippen LogP contribution in [0.25, 0.3) is 0 Å². The molecule has 1 heterocycles. The first kappa shape index (κ1) is 23.0. The molecular formula is C23H24N2O7. The highest BCUT2D eigenvalue weighted by Gasteiger charge is 2.21. The van der Waals surface area contributed by atoms with Gasteiger partial charge in [-0.25, -0.2) is 9.36 Å². The average molecular weight is 440 g/mol. The van der Waals surface area contributed by atoms with Crippen molar-refractivity contribution < 1.29 is 24.5 Å². The first-order valence-electron chi connectivity index (χ1n) is 9.92. The van der Waals surface area contributed by atoms with Crippen LogP contribution in [0.2, 0.25) is 0 Å². The van der Waals surface area contributed by atoms with Crippen LogP contribution in [0.5, 0.6) is 11.6 Å². The van der Waals surface area contributed by atoms with Gasteiger partial charge < -0.3 is 19.7 Å². The predicted octanol–water partition coefficient (Wildman–Crippen LogP) is 1.86. The number of carbonyl (C=O) groups is 1. The van der Waals surface area contributed by atoms with E-state index in [-0.39, 0.29) is 12.0 Å². The predicted molar refractivity (Wildman–Crippen MR) is 116 cm³/mol. The Hall–Kier alpha value is -3.69. The van der Waals surface area contributed by atoms with E-state index in [1.165, 1.54) is 6.92 Å². The topological polar surface area (TPSA) is 120 Å². The lowest BCUT2D eigenvalue weighted by Gasteiger charge is -2.16. The zero-order valence-corrected chi connectivity index (χ0v) is 17.7. The fraction of sp³-hybridized carbons (Fsp3) is 0.261. The van der Waals surface area contributed by atoms with Gasteiger partial charge in [0, 0.05) is 13.3 Å².